The van der Waals surface area contributed by atoms with Crippen LogP contribution in [0.5, 0.6) is 0 Å². The molecule has 8 heteroatoms. The number of nitrogens with two attached hydrogens (primary N) is 1. The summed E-state index contributed by atoms with van der Waals surface area (Å²) in [6.45, 7) is 3.56. The van der Waals surface area contributed by atoms with Gasteiger partial charge >= 0.3 is 6.18 Å². The molecule has 29 heavy (non-hydrogen) atoms. The lowest BCUT2D eigenvalue weighted by Crippen LogP contribution is -2.19. The van der Waals surface area contributed by atoms with Crippen LogP contribution in [0.3, 0.4) is 0 Å². The van der Waals surface area contributed by atoms with E-state index >= 15 is 0 Å². The SMILES string of the molecule is Cc1cc(/C=N\NC(=O)c2ccccc2N)c(C)n1-c1cccc(C(F)(F)F)c1. The summed E-state index contributed by atoms with van der Waals surface area (Å²) in [7, 11) is 0. The minimum atomic E-state index is -4.42. The first kappa shape index (κ1) is 20.2. The quantitative estimate of drug-likeness (QED) is 0.386. The first-order chi connectivity index (χ1) is 13.7. The van der Waals surface area contributed by atoms with Crippen molar-refractivity contribution >= 4 is 17.8 Å². The number of anilines is 1. The summed E-state index contributed by atoms with van der Waals surface area (Å²) >= 11 is 0. The molecular formula is C21H19F3N4O. The zero-order chi connectivity index (χ0) is 21.2. The molecule has 0 bridgehead atoms. The van der Waals surface area contributed by atoms with Crippen LogP contribution < -0.4 is 11.2 Å². The molecule has 5 nitrogen and oxygen atoms in total. The summed E-state index contributed by atoms with van der Waals surface area (Å²) in [5.41, 5.74) is 10.6. The minimum Gasteiger partial charge on any atom is -0.398 e. The second-order valence-corrected chi connectivity index (χ2v) is 6.50. The third-order valence-electron chi connectivity index (χ3n) is 4.48. The number of alkyl halides is 3. The van der Waals surface area contributed by atoms with Crippen molar-refractivity contribution in [2.75, 3.05) is 5.73 Å². The maximum atomic E-state index is 13.0. The molecule has 0 saturated carbocycles. The zero-order valence-corrected chi connectivity index (χ0v) is 15.8. The highest BCUT2D eigenvalue weighted by molar-refractivity contribution is 5.99. The van der Waals surface area contributed by atoms with Crippen molar-refractivity contribution in [1.82, 2.24) is 9.99 Å². The number of aryl methyl sites for hydroxylation is 1. The fourth-order valence-corrected chi connectivity index (χ4v) is 3.06. The molecule has 3 rings (SSSR count). The van der Waals surface area contributed by atoms with E-state index in [2.05, 4.69) is 10.5 Å². The van der Waals surface area contributed by atoms with Crippen molar-refractivity contribution in [1.29, 1.82) is 0 Å². The first-order valence-corrected chi connectivity index (χ1v) is 8.73. The minimum absolute atomic E-state index is 0.305. The van der Waals surface area contributed by atoms with E-state index < -0.39 is 17.6 Å². The molecule has 150 valence electrons. The number of nitrogens with zero attached hydrogens (tertiary/aromatic N) is 2. The first-order valence-electron chi connectivity index (χ1n) is 8.73. The van der Waals surface area contributed by atoms with Gasteiger partial charge in [-0.05, 0) is 50.2 Å². The van der Waals surface area contributed by atoms with Gasteiger partial charge in [0.1, 0.15) is 0 Å². The third-order valence-corrected chi connectivity index (χ3v) is 4.48. The molecular weight excluding hydrogens is 381 g/mol. The molecule has 0 saturated heterocycles. The van der Waals surface area contributed by atoms with E-state index in [1.807, 2.05) is 0 Å². The molecule has 0 aliphatic carbocycles. The summed E-state index contributed by atoms with van der Waals surface area (Å²) in [6.07, 6.45) is -2.97. The largest absolute Gasteiger partial charge is 0.416 e. The van der Waals surface area contributed by atoms with Gasteiger partial charge in [-0.25, -0.2) is 5.43 Å². The highest BCUT2D eigenvalue weighted by atomic mass is 19.4. The number of nitrogens with one attached hydrogen (secondary N) is 1. The van der Waals surface area contributed by atoms with Crippen molar-refractivity contribution < 1.29 is 18.0 Å². The average molecular weight is 400 g/mol. The van der Waals surface area contributed by atoms with Crippen LogP contribution in [0.25, 0.3) is 5.69 Å². The summed E-state index contributed by atoms with van der Waals surface area (Å²) in [4.78, 5) is 12.1. The second kappa shape index (κ2) is 7.83. The lowest BCUT2D eigenvalue weighted by molar-refractivity contribution is -0.137. The lowest BCUT2D eigenvalue weighted by atomic mass is 10.2. The fourth-order valence-electron chi connectivity index (χ4n) is 3.06. The van der Waals surface area contributed by atoms with Gasteiger partial charge in [0, 0.05) is 28.3 Å². The molecule has 1 amide bonds. The van der Waals surface area contributed by atoms with Crippen LogP contribution in [0.15, 0.2) is 59.7 Å². The van der Waals surface area contributed by atoms with Crippen LogP contribution in [0.2, 0.25) is 0 Å². The molecule has 2 aromatic carbocycles. The Kier molecular flexibility index (Phi) is 5.45. The summed E-state index contributed by atoms with van der Waals surface area (Å²) in [6, 6.07) is 13.5. The average Bonchev–Trinajstić information content (AvgIpc) is 2.95. The Hall–Kier alpha value is -3.55. The van der Waals surface area contributed by atoms with Crippen LogP contribution in [0.1, 0.15) is 32.9 Å². The number of rotatable bonds is 4. The third kappa shape index (κ3) is 4.31. The molecule has 1 heterocycles. The van der Waals surface area contributed by atoms with E-state index in [0.29, 0.717) is 28.2 Å². The van der Waals surface area contributed by atoms with E-state index in [-0.39, 0.29) is 0 Å². The predicted octanol–water partition coefficient (Wildman–Crippen LogP) is 4.46. The van der Waals surface area contributed by atoms with Crippen LogP contribution in [-0.2, 0) is 6.18 Å². The number of hydrogen-bond donors (Lipinski definition) is 2. The maximum Gasteiger partial charge on any atom is 0.416 e. The van der Waals surface area contributed by atoms with Gasteiger partial charge in [0.15, 0.2) is 0 Å². The Labute approximate surface area is 165 Å². The Bertz CT molecular complexity index is 1080. The van der Waals surface area contributed by atoms with Crippen molar-refractivity contribution in [2.45, 2.75) is 20.0 Å². The van der Waals surface area contributed by atoms with E-state index in [0.717, 1.165) is 17.8 Å². The molecule has 3 N–H and O–H groups in total. The van der Waals surface area contributed by atoms with Gasteiger partial charge in [-0.1, -0.05) is 18.2 Å². The summed E-state index contributed by atoms with van der Waals surface area (Å²) in [5, 5.41) is 3.95. The summed E-state index contributed by atoms with van der Waals surface area (Å²) < 4.78 is 40.8. The number of carbonyl (C=O) groups is 1. The van der Waals surface area contributed by atoms with E-state index in [4.69, 9.17) is 5.73 Å². The number of para-hydroxylation sites is 1. The number of aromatic nitrogens is 1. The van der Waals surface area contributed by atoms with Gasteiger partial charge in [-0.2, -0.15) is 18.3 Å². The van der Waals surface area contributed by atoms with Crippen LogP contribution in [-0.4, -0.2) is 16.7 Å². The molecule has 3 aromatic rings. The Balaban J connectivity index is 1.84. The summed E-state index contributed by atoms with van der Waals surface area (Å²) in [5.74, 6) is -0.453. The number of benzene rings is 2. The zero-order valence-electron chi connectivity index (χ0n) is 15.8. The fraction of sp³-hybridized carbons (Fsp3) is 0.143. The Morgan fingerprint density at radius 2 is 1.83 bits per heavy atom. The number of amides is 1. The molecule has 0 atom stereocenters. The molecule has 0 unspecified atom stereocenters. The van der Waals surface area contributed by atoms with E-state index in [9.17, 15) is 18.0 Å². The highest BCUT2D eigenvalue weighted by Crippen LogP contribution is 2.31. The molecule has 0 aliphatic rings. The van der Waals surface area contributed by atoms with Gasteiger partial charge < -0.3 is 10.3 Å². The Morgan fingerprint density at radius 3 is 2.52 bits per heavy atom. The topological polar surface area (TPSA) is 72.4 Å². The van der Waals surface area contributed by atoms with Crippen molar-refractivity contribution in [3.63, 3.8) is 0 Å². The van der Waals surface area contributed by atoms with Gasteiger partial charge in [-0.15, -0.1) is 0 Å². The maximum absolute atomic E-state index is 13.0. The molecule has 0 aliphatic heterocycles. The van der Waals surface area contributed by atoms with Gasteiger partial charge in [0.05, 0.1) is 17.3 Å². The molecule has 1 aromatic heterocycles. The van der Waals surface area contributed by atoms with Gasteiger partial charge in [0.2, 0.25) is 0 Å². The van der Waals surface area contributed by atoms with Gasteiger partial charge in [0.25, 0.3) is 5.91 Å². The monoisotopic (exact) mass is 400 g/mol. The highest BCUT2D eigenvalue weighted by Gasteiger charge is 2.30. The van der Waals surface area contributed by atoms with Crippen molar-refractivity contribution in [2.24, 2.45) is 5.10 Å². The normalized spacial score (nSPS) is 11.8. The standard InChI is InChI=1S/C21H19F3N4O/c1-13-10-15(12-26-27-20(29)18-8-3-4-9-19(18)25)14(2)28(13)17-7-5-6-16(11-17)21(22,23)24/h3-12H,25H2,1-2H3,(H,27,29)/b26-12-. The van der Waals surface area contributed by atoms with E-state index in [1.54, 1.807) is 54.8 Å². The van der Waals surface area contributed by atoms with E-state index in [1.165, 1.54) is 12.3 Å². The lowest BCUT2D eigenvalue weighted by Gasteiger charge is -2.13. The van der Waals surface area contributed by atoms with Crippen LogP contribution >= 0.6 is 0 Å². The number of hydrogen-bond acceptors (Lipinski definition) is 3. The van der Waals surface area contributed by atoms with Crippen LogP contribution in [0, 0.1) is 13.8 Å². The van der Waals surface area contributed by atoms with Gasteiger partial charge in [-0.3, -0.25) is 4.79 Å². The molecule has 0 radical (unpaired) electrons. The molecule has 0 spiro atoms. The number of nitrogen functional groups attached to an aromatic ring is 1. The Morgan fingerprint density at radius 1 is 1.10 bits per heavy atom. The van der Waals surface area contributed by atoms with Crippen molar-refractivity contribution in [3.8, 4) is 5.69 Å². The van der Waals surface area contributed by atoms with Crippen LogP contribution in [0.4, 0.5) is 18.9 Å². The second-order valence-electron chi connectivity index (χ2n) is 6.50. The number of halogens is 3. The predicted molar refractivity (Wildman–Crippen MR) is 106 cm³/mol. The number of hydrazone groups is 1. The number of carbonyl (C=O) groups excluding carboxylic acids is 1. The molecule has 0 fully saturated rings. The smallest absolute Gasteiger partial charge is 0.398 e. The van der Waals surface area contributed by atoms with Crippen molar-refractivity contribution in [3.05, 3.63) is 82.7 Å².